The molecule has 0 aromatic carbocycles. The highest BCUT2D eigenvalue weighted by Gasteiger charge is 2.44. The molecule has 1 saturated heterocycles. The highest BCUT2D eigenvalue weighted by Crippen LogP contribution is 2.34. The van der Waals surface area contributed by atoms with Gasteiger partial charge >= 0.3 is 5.97 Å². The van der Waals surface area contributed by atoms with E-state index in [9.17, 15) is 20.1 Å². The van der Waals surface area contributed by atoms with Crippen LogP contribution >= 0.6 is 0 Å². The van der Waals surface area contributed by atoms with Gasteiger partial charge in [0, 0.05) is 6.04 Å². The predicted molar refractivity (Wildman–Crippen MR) is 120 cm³/mol. The second-order valence-electron chi connectivity index (χ2n) is 8.67. The Hall–Kier alpha value is -3.20. The number of aliphatic hydroxyl groups excluding tert-OH is 3. The van der Waals surface area contributed by atoms with E-state index in [1.54, 1.807) is 6.92 Å². The number of fused-ring (bicyclic) bond motifs is 1. The van der Waals surface area contributed by atoms with E-state index in [4.69, 9.17) is 9.47 Å². The third-order valence-electron chi connectivity index (χ3n) is 6.39. The number of esters is 1. The number of hydrogen-bond donors (Lipinski definition) is 5. The maximum Gasteiger partial charge on any atom is 0.361 e. The van der Waals surface area contributed by atoms with E-state index in [0.717, 1.165) is 25.7 Å². The number of nitrogens with one attached hydrogen (secondary N) is 2. The van der Waals surface area contributed by atoms with Crippen molar-refractivity contribution >= 4 is 23.0 Å². The number of imidazole rings is 1. The molecule has 35 heavy (non-hydrogen) atoms. The third-order valence-corrected chi connectivity index (χ3v) is 6.39. The Morgan fingerprint density at radius 2 is 2.03 bits per heavy atom. The Morgan fingerprint density at radius 3 is 2.74 bits per heavy atom. The average molecular weight is 489 g/mol. The molecule has 5 N–H and O–H groups in total. The van der Waals surface area contributed by atoms with Crippen molar-refractivity contribution < 1.29 is 29.6 Å². The molecule has 4 atom stereocenters. The van der Waals surface area contributed by atoms with Crippen LogP contribution in [-0.2, 0) is 9.47 Å². The SMILES string of the molecule is CCOC(=O)c1n[nH]nc1-c1nc(NC2CCCCC2)c2ncn(C3O[C@H](CO)[C@@H](O)[C@H]3O)c2n1. The van der Waals surface area contributed by atoms with Crippen LogP contribution in [0.3, 0.4) is 0 Å². The van der Waals surface area contributed by atoms with Gasteiger partial charge < -0.3 is 30.1 Å². The van der Waals surface area contributed by atoms with Gasteiger partial charge in [-0.05, 0) is 19.8 Å². The quantitative estimate of drug-likeness (QED) is 0.283. The Labute approximate surface area is 199 Å². The number of aliphatic hydroxyl groups is 3. The highest BCUT2D eigenvalue weighted by molar-refractivity contribution is 5.94. The molecular weight excluding hydrogens is 460 g/mol. The summed E-state index contributed by atoms with van der Waals surface area (Å²) in [5, 5.41) is 44.1. The summed E-state index contributed by atoms with van der Waals surface area (Å²) in [6.07, 6.45) is 2.18. The Kier molecular flexibility index (Phi) is 6.60. The van der Waals surface area contributed by atoms with Crippen molar-refractivity contribution in [3.8, 4) is 11.5 Å². The molecule has 14 heteroatoms. The zero-order chi connectivity index (χ0) is 24.5. The molecule has 0 amide bonds. The minimum absolute atomic E-state index is 0.0613. The van der Waals surface area contributed by atoms with Crippen LogP contribution in [0.5, 0.6) is 0 Å². The first-order chi connectivity index (χ1) is 17.0. The predicted octanol–water partition coefficient (Wildman–Crippen LogP) is 0.144. The van der Waals surface area contributed by atoms with E-state index in [1.165, 1.54) is 17.3 Å². The lowest BCUT2D eigenvalue weighted by Crippen LogP contribution is -2.33. The number of carbonyl (C=O) groups is 1. The van der Waals surface area contributed by atoms with E-state index in [-0.39, 0.29) is 29.9 Å². The number of rotatable bonds is 7. The van der Waals surface area contributed by atoms with Crippen LogP contribution in [-0.4, -0.2) is 93.8 Å². The van der Waals surface area contributed by atoms with E-state index in [2.05, 4.69) is 35.7 Å². The molecular formula is C21H28N8O6. The van der Waals surface area contributed by atoms with Gasteiger partial charge in [-0.2, -0.15) is 10.3 Å². The van der Waals surface area contributed by atoms with Gasteiger partial charge in [0.25, 0.3) is 0 Å². The van der Waals surface area contributed by atoms with Crippen LogP contribution in [0.1, 0.15) is 55.7 Å². The smallest absolute Gasteiger partial charge is 0.361 e. The molecule has 188 valence electrons. The average Bonchev–Trinajstić information content (AvgIpc) is 3.58. The molecule has 3 aromatic heterocycles. The number of carbonyl (C=O) groups excluding carboxylic acids is 1. The number of aromatic nitrogens is 7. The number of anilines is 1. The summed E-state index contributed by atoms with van der Waals surface area (Å²) >= 11 is 0. The van der Waals surface area contributed by atoms with Crippen molar-refractivity contribution in [3.05, 3.63) is 12.0 Å². The normalized spacial score (nSPS) is 25.3. The summed E-state index contributed by atoms with van der Waals surface area (Å²) < 4.78 is 12.2. The number of aromatic amines is 1. The summed E-state index contributed by atoms with van der Waals surface area (Å²) in [6, 6.07) is 0.190. The van der Waals surface area contributed by atoms with E-state index >= 15 is 0 Å². The van der Waals surface area contributed by atoms with Crippen molar-refractivity contribution in [2.24, 2.45) is 0 Å². The van der Waals surface area contributed by atoms with Gasteiger partial charge in [-0.3, -0.25) is 4.57 Å². The summed E-state index contributed by atoms with van der Waals surface area (Å²) in [7, 11) is 0. The summed E-state index contributed by atoms with van der Waals surface area (Å²) in [5.74, 6) is -0.125. The van der Waals surface area contributed by atoms with Gasteiger partial charge in [0.1, 0.15) is 18.3 Å². The minimum atomic E-state index is -1.32. The zero-order valence-electron chi connectivity index (χ0n) is 19.2. The van der Waals surface area contributed by atoms with Crippen LogP contribution in [0.25, 0.3) is 22.7 Å². The third kappa shape index (κ3) is 4.33. The Morgan fingerprint density at radius 1 is 1.23 bits per heavy atom. The van der Waals surface area contributed by atoms with Crippen LogP contribution in [0.15, 0.2) is 6.33 Å². The largest absolute Gasteiger partial charge is 0.461 e. The zero-order valence-corrected chi connectivity index (χ0v) is 19.2. The molecule has 1 unspecified atom stereocenters. The van der Waals surface area contributed by atoms with Crippen LogP contribution in [0.4, 0.5) is 5.82 Å². The van der Waals surface area contributed by atoms with Gasteiger partial charge in [-0.25, -0.2) is 19.7 Å². The standard InChI is InChI=1S/C21H28N8O6/c1-2-34-21(33)13-12(26-28-27-13)17-24-18(23-10-6-4-3-5-7-10)14-19(25-17)29(9-22-14)20-16(32)15(31)11(8-30)35-20/h9-11,15-16,20,30-32H,2-8H2,1H3,(H,23,24,25)(H,26,27,28)/t11-,15-,16-,20?/m1/s1. The topological polar surface area (TPSA) is 193 Å². The molecule has 0 radical (unpaired) electrons. The molecule has 14 nitrogen and oxygen atoms in total. The van der Waals surface area contributed by atoms with Crippen molar-refractivity contribution in [1.29, 1.82) is 0 Å². The molecule has 1 aliphatic carbocycles. The van der Waals surface area contributed by atoms with E-state index in [1.807, 2.05) is 0 Å². The monoisotopic (exact) mass is 488 g/mol. The van der Waals surface area contributed by atoms with E-state index in [0.29, 0.717) is 17.0 Å². The molecule has 5 rings (SSSR count). The molecule has 2 fully saturated rings. The second-order valence-corrected chi connectivity index (χ2v) is 8.67. The highest BCUT2D eigenvalue weighted by atomic mass is 16.6. The Bertz CT molecular complexity index is 1190. The molecule has 0 bridgehead atoms. The molecule has 3 aromatic rings. The maximum atomic E-state index is 12.4. The van der Waals surface area contributed by atoms with Crippen molar-refractivity contribution in [1.82, 2.24) is 34.9 Å². The van der Waals surface area contributed by atoms with Gasteiger partial charge in [-0.15, -0.1) is 5.10 Å². The van der Waals surface area contributed by atoms with Gasteiger partial charge in [0.05, 0.1) is 19.5 Å². The number of hydrogen-bond acceptors (Lipinski definition) is 12. The van der Waals surface area contributed by atoms with Gasteiger partial charge in [0.2, 0.25) is 5.69 Å². The number of ether oxygens (including phenoxy) is 2. The van der Waals surface area contributed by atoms with Gasteiger partial charge in [-0.1, -0.05) is 19.3 Å². The lowest BCUT2D eigenvalue weighted by molar-refractivity contribution is -0.0511. The van der Waals surface area contributed by atoms with Crippen molar-refractivity contribution in [3.63, 3.8) is 0 Å². The molecule has 1 saturated carbocycles. The van der Waals surface area contributed by atoms with Crippen LogP contribution in [0, 0.1) is 0 Å². The number of H-pyrrole nitrogens is 1. The Balaban J connectivity index is 1.61. The second kappa shape index (κ2) is 9.81. The summed E-state index contributed by atoms with van der Waals surface area (Å²) in [4.78, 5) is 26.1. The van der Waals surface area contributed by atoms with Crippen LogP contribution in [0.2, 0.25) is 0 Å². The van der Waals surface area contributed by atoms with Crippen molar-refractivity contribution in [2.45, 2.75) is 69.6 Å². The van der Waals surface area contributed by atoms with E-state index < -0.39 is 37.1 Å². The lowest BCUT2D eigenvalue weighted by Gasteiger charge is -2.23. The fraction of sp³-hybridized carbons (Fsp3) is 0.619. The molecule has 2 aliphatic rings. The van der Waals surface area contributed by atoms with Crippen molar-refractivity contribution in [2.75, 3.05) is 18.5 Å². The fourth-order valence-corrected chi connectivity index (χ4v) is 4.59. The maximum absolute atomic E-state index is 12.4. The molecule has 0 spiro atoms. The lowest BCUT2D eigenvalue weighted by atomic mass is 9.95. The first-order valence-electron chi connectivity index (χ1n) is 11.7. The number of nitrogens with zero attached hydrogens (tertiary/aromatic N) is 6. The molecule has 4 heterocycles. The fourth-order valence-electron chi connectivity index (χ4n) is 4.59. The van der Waals surface area contributed by atoms with Crippen LogP contribution < -0.4 is 5.32 Å². The minimum Gasteiger partial charge on any atom is -0.461 e. The van der Waals surface area contributed by atoms with Gasteiger partial charge in [0.15, 0.2) is 34.7 Å². The first kappa shape index (κ1) is 23.5. The first-order valence-corrected chi connectivity index (χ1v) is 11.7. The molecule has 1 aliphatic heterocycles. The summed E-state index contributed by atoms with van der Waals surface area (Å²) in [5.41, 5.74) is 0.763. The summed E-state index contributed by atoms with van der Waals surface area (Å²) in [6.45, 7) is 1.39.